The second kappa shape index (κ2) is 11.8. The molecule has 2 aliphatic heterocycles. The number of hydrogen-bond donors (Lipinski definition) is 0. The van der Waals surface area contributed by atoms with Crippen LogP contribution in [0.5, 0.6) is 5.75 Å². The third-order valence-electron chi connectivity index (χ3n) is 6.81. The van der Waals surface area contributed by atoms with Crippen LogP contribution in [0.25, 0.3) is 23.0 Å². The van der Waals surface area contributed by atoms with E-state index in [1.165, 1.54) is 17.8 Å². The highest BCUT2D eigenvalue weighted by atomic mass is 32.2. The minimum absolute atomic E-state index is 0.0253. The van der Waals surface area contributed by atoms with Crippen molar-refractivity contribution < 1.29 is 18.7 Å². The van der Waals surface area contributed by atoms with E-state index in [1.807, 2.05) is 66.9 Å². The molecule has 40 heavy (non-hydrogen) atoms. The smallest absolute Gasteiger partial charge is 0.266 e. The number of benzene rings is 3. The molecule has 6 nitrogen and oxygen atoms in total. The Kier molecular flexibility index (Phi) is 7.77. The molecule has 2 saturated heterocycles. The number of rotatable bonds is 8. The van der Waals surface area contributed by atoms with Crippen molar-refractivity contribution in [3.05, 3.63) is 107 Å². The first-order chi connectivity index (χ1) is 19.5. The second-order valence-corrected chi connectivity index (χ2v) is 11.2. The second-order valence-electron chi connectivity index (χ2n) is 9.54. The Morgan fingerprint density at radius 2 is 1.85 bits per heavy atom. The van der Waals surface area contributed by atoms with E-state index >= 15 is 0 Å². The Labute approximate surface area is 241 Å². The van der Waals surface area contributed by atoms with Gasteiger partial charge in [0.25, 0.3) is 5.91 Å². The van der Waals surface area contributed by atoms with Crippen molar-refractivity contribution in [1.29, 1.82) is 0 Å². The zero-order chi connectivity index (χ0) is 27.5. The van der Waals surface area contributed by atoms with Gasteiger partial charge in [-0.25, -0.2) is 9.07 Å². The zero-order valence-corrected chi connectivity index (χ0v) is 23.2. The van der Waals surface area contributed by atoms with Crippen LogP contribution in [0.2, 0.25) is 0 Å². The molecule has 0 saturated carbocycles. The summed E-state index contributed by atoms with van der Waals surface area (Å²) in [5.41, 5.74) is 3.76. The predicted octanol–water partition coefficient (Wildman–Crippen LogP) is 6.64. The van der Waals surface area contributed by atoms with Gasteiger partial charge in [-0.15, -0.1) is 0 Å². The number of nitrogens with zero attached hydrogens (tertiary/aromatic N) is 3. The molecule has 1 aromatic heterocycles. The average molecular weight is 572 g/mol. The summed E-state index contributed by atoms with van der Waals surface area (Å²) >= 11 is 6.85. The quantitative estimate of drug-likeness (QED) is 0.175. The lowest BCUT2D eigenvalue weighted by molar-refractivity contribution is -0.123. The number of thioether (sulfide) groups is 1. The summed E-state index contributed by atoms with van der Waals surface area (Å²) < 4.78 is 27.9. The number of aromatic nitrogens is 2. The third kappa shape index (κ3) is 5.72. The molecule has 0 spiro atoms. The summed E-state index contributed by atoms with van der Waals surface area (Å²) in [6.45, 7) is 1.34. The molecule has 0 N–H and O–H groups in total. The van der Waals surface area contributed by atoms with Gasteiger partial charge >= 0.3 is 0 Å². The number of halogens is 1. The average Bonchev–Trinajstić information content (AvgIpc) is 3.71. The Bertz CT molecular complexity index is 1560. The maximum Gasteiger partial charge on any atom is 0.266 e. The van der Waals surface area contributed by atoms with Crippen molar-refractivity contribution in [1.82, 2.24) is 14.7 Å². The van der Waals surface area contributed by atoms with Gasteiger partial charge in [0.05, 0.1) is 28.9 Å². The van der Waals surface area contributed by atoms with E-state index in [2.05, 4.69) is 0 Å². The molecule has 0 radical (unpaired) electrons. The number of carbonyl (C=O) groups excluding carboxylic acids is 1. The van der Waals surface area contributed by atoms with Crippen LogP contribution in [0.3, 0.4) is 0 Å². The molecule has 9 heteroatoms. The van der Waals surface area contributed by atoms with E-state index in [-0.39, 0.29) is 24.4 Å². The molecule has 202 valence electrons. The minimum atomic E-state index is -0.295. The molecule has 1 amide bonds. The van der Waals surface area contributed by atoms with Crippen LogP contribution in [-0.2, 0) is 16.1 Å². The summed E-state index contributed by atoms with van der Waals surface area (Å²) in [5.74, 6) is 0.211. The fourth-order valence-corrected chi connectivity index (χ4v) is 5.97. The molecule has 0 aliphatic carbocycles. The first kappa shape index (κ1) is 26.4. The monoisotopic (exact) mass is 571 g/mol. The number of hydrogen-bond acceptors (Lipinski definition) is 6. The van der Waals surface area contributed by atoms with Crippen LogP contribution in [0.15, 0.2) is 90.0 Å². The van der Waals surface area contributed by atoms with Gasteiger partial charge in [-0.05, 0) is 61.4 Å². The van der Waals surface area contributed by atoms with Crippen molar-refractivity contribution in [2.24, 2.45) is 0 Å². The molecule has 1 atom stereocenters. The topological polar surface area (TPSA) is 56.6 Å². The fraction of sp³-hybridized carbons (Fsp3) is 0.194. The third-order valence-corrected chi connectivity index (χ3v) is 8.19. The molecular weight excluding hydrogens is 545 g/mol. The molecule has 6 rings (SSSR count). The molecule has 2 aliphatic rings. The number of ether oxygens (including phenoxy) is 2. The van der Waals surface area contributed by atoms with Crippen LogP contribution >= 0.6 is 24.0 Å². The highest BCUT2D eigenvalue weighted by Crippen LogP contribution is 2.36. The zero-order valence-electron chi connectivity index (χ0n) is 21.5. The Morgan fingerprint density at radius 3 is 2.60 bits per heavy atom. The van der Waals surface area contributed by atoms with E-state index in [4.69, 9.17) is 26.8 Å². The lowest BCUT2D eigenvalue weighted by Crippen LogP contribution is -2.35. The summed E-state index contributed by atoms with van der Waals surface area (Å²) in [6.07, 6.45) is 5.74. The highest BCUT2D eigenvalue weighted by molar-refractivity contribution is 8.26. The SMILES string of the molecule is O=C1C(=Cc2cn(-c3ccccc3)nc2-c2ccc(OCc3ccccc3F)cc2)SC(=S)N1CC1CCCO1. The summed E-state index contributed by atoms with van der Waals surface area (Å²) in [7, 11) is 0. The molecule has 3 heterocycles. The van der Waals surface area contributed by atoms with E-state index in [0.29, 0.717) is 32.8 Å². The Morgan fingerprint density at radius 1 is 1.07 bits per heavy atom. The van der Waals surface area contributed by atoms with Crippen molar-refractivity contribution in [2.75, 3.05) is 13.2 Å². The summed E-state index contributed by atoms with van der Waals surface area (Å²) in [5, 5.41) is 4.87. The van der Waals surface area contributed by atoms with E-state index in [1.54, 1.807) is 27.8 Å². The van der Waals surface area contributed by atoms with Gasteiger partial charge in [-0.1, -0.05) is 60.4 Å². The van der Waals surface area contributed by atoms with Gasteiger partial charge in [-0.3, -0.25) is 9.69 Å². The summed E-state index contributed by atoms with van der Waals surface area (Å²) in [4.78, 5) is 15.5. The molecule has 0 bridgehead atoms. The number of amides is 1. The number of carbonyl (C=O) groups is 1. The van der Waals surface area contributed by atoms with Gasteiger partial charge < -0.3 is 9.47 Å². The van der Waals surface area contributed by atoms with E-state index < -0.39 is 0 Å². The van der Waals surface area contributed by atoms with Crippen molar-refractivity contribution in [3.63, 3.8) is 0 Å². The van der Waals surface area contributed by atoms with Crippen molar-refractivity contribution in [3.8, 4) is 22.7 Å². The van der Waals surface area contributed by atoms with Crippen LogP contribution < -0.4 is 4.74 Å². The maximum absolute atomic E-state index is 14.0. The van der Waals surface area contributed by atoms with Gasteiger partial charge in [0, 0.05) is 29.5 Å². The maximum atomic E-state index is 14.0. The first-order valence-electron chi connectivity index (χ1n) is 13.0. The number of thiocarbonyl (C=S) groups is 1. The Balaban J connectivity index is 1.28. The van der Waals surface area contributed by atoms with E-state index in [0.717, 1.165) is 36.3 Å². The fourth-order valence-electron chi connectivity index (χ4n) is 4.71. The van der Waals surface area contributed by atoms with Crippen LogP contribution in [0.4, 0.5) is 4.39 Å². The van der Waals surface area contributed by atoms with Crippen molar-refractivity contribution >= 4 is 40.3 Å². The number of para-hydroxylation sites is 1. The van der Waals surface area contributed by atoms with Gasteiger partial charge in [0.1, 0.15) is 22.5 Å². The highest BCUT2D eigenvalue weighted by Gasteiger charge is 2.35. The van der Waals surface area contributed by atoms with Crippen LogP contribution in [-0.4, -0.2) is 44.2 Å². The first-order valence-corrected chi connectivity index (χ1v) is 14.3. The minimum Gasteiger partial charge on any atom is -0.489 e. The van der Waals surface area contributed by atoms with Gasteiger partial charge in [0.15, 0.2) is 0 Å². The molecule has 2 fully saturated rings. The summed E-state index contributed by atoms with van der Waals surface area (Å²) in [6, 6.07) is 23.9. The normalized spacial score (nSPS) is 18.2. The lowest BCUT2D eigenvalue weighted by Gasteiger charge is -2.18. The van der Waals surface area contributed by atoms with Crippen LogP contribution in [0.1, 0.15) is 24.0 Å². The molecule has 1 unspecified atom stereocenters. The molecule has 3 aromatic carbocycles. The van der Waals surface area contributed by atoms with Gasteiger partial charge in [0.2, 0.25) is 0 Å². The van der Waals surface area contributed by atoms with Crippen LogP contribution in [0, 0.1) is 5.82 Å². The van der Waals surface area contributed by atoms with Crippen molar-refractivity contribution in [2.45, 2.75) is 25.6 Å². The van der Waals surface area contributed by atoms with Gasteiger partial charge in [-0.2, -0.15) is 5.10 Å². The molecular formula is C31H26FN3O3S2. The lowest BCUT2D eigenvalue weighted by atomic mass is 10.1. The Hall–Kier alpha value is -3.79. The van der Waals surface area contributed by atoms with E-state index in [9.17, 15) is 9.18 Å². The largest absolute Gasteiger partial charge is 0.489 e. The standard InChI is InChI=1S/C31H26FN3O3S2/c32-27-11-5-4-7-22(27)20-38-25-14-12-21(13-15-25)29-23(18-35(33-29)24-8-2-1-3-9-24)17-28-30(36)34(31(39)40-28)19-26-10-6-16-37-26/h1-5,7-9,11-15,17-18,26H,6,10,16,19-20H2. The predicted molar refractivity (Wildman–Crippen MR) is 159 cm³/mol. The molecule has 4 aromatic rings.